The van der Waals surface area contributed by atoms with E-state index in [1.54, 1.807) is 6.07 Å². The average Bonchev–Trinajstić information content (AvgIpc) is 3.15. The molecule has 0 radical (unpaired) electrons. The monoisotopic (exact) mass is 354 g/mol. The van der Waals surface area contributed by atoms with E-state index in [1.165, 1.54) is 42.5 Å². The first-order valence-electron chi connectivity index (χ1n) is 7.04. The molecule has 0 saturated heterocycles. The number of halogens is 2. The third-order valence-corrected chi connectivity index (χ3v) is 6.90. The van der Waals surface area contributed by atoms with Crippen molar-refractivity contribution in [2.75, 3.05) is 6.54 Å². The number of benzene rings is 2. The highest BCUT2D eigenvalue weighted by Gasteiger charge is 2.68. The van der Waals surface area contributed by atoms with Crippen LogP contribution in [0.4, 0.5) is 4.39 Å². The van der Waals surface area contributed by atoms with Crippen LogP contribution in [0.2, 0.25) is 5.02 Å². The van der Waals surface area contributed by atoms with E-state index in [2.05, 4.69) is 0 Å². The topological polar surface area (TPSA) is 86.2 Å². The van der Waals surface area contributed by atoms with E-state index in [1.807, 2.05) is 0 Å². The third-order valence-electron chi connectivity index (χ3n) is 4.34. The Morgan fingerprint density at radius 3 is 2.39 bits per heavy atom. The molecule has 0 aliphatic heterocycles. The molecule has 3 atom stereocenters. The van der Waals surface area contributed by atoms with Gasteiger partial charge in [0.15, 0.2) is 9.84 Å². The number of rotatable bonds is 4. The van der Waals surface area contributed by atoms with Gasteiger partial charge in [0.25, 0.3) is 0 Å². The van der Waals surface area contributed by atoms with Gasteiger partial charge in [-0.05, 0) is 42.0 Å². The van der Waals surface area contributed by atoms with Crippen molar-refractivity contribution < 1.29 is 12.8 Å². The largest absolute Gasteiger partial charge is 0.329 e. The fraction of sp³-hybridized carbons (Fsp3) is 0.250. The van der Waals surface area contributed by atoms with Crippen LogP contribution in [0.25, 0.3) is 0 Å². The Morgan fingerprint density at radius 2 is 1.83 bits per heavy atom. The summed E-state index contributed by atoms with van der Waals surface area (Å²) in [5.41, 5.74) is 11.4. The maximum atomic E-state index is 13.5. The summed E-state index contributed by atoms with van der Waals surface area (Å²) in [6.45, 7) is -0.00827. The highest BCUT2D eigenvalue weighted by Crippen LogP contribution is 2.55. The number of hydrogen-bond donors (Lipinski definition) is 2. The molecule has 23 heavy (non-hydrogen) atoms. The zero-order chi connectivity index (χ0) is 16.8. The Hall–Kier alpha value is -1.47. The Morgan fingerprint density at radius 1 is 1.17 bits per heavy atom. The molecule has 2 aromatic carbocycles. The Balaban J connectivity index is 2.03. The van der Waals surface area contributed by atoms with Crippen LogP contribution in [-0.2, 0) is 9.84 Å². The summed E-state index contributed by atoms with van der Waals surface area (Å²) in [4.78, 5) is 0.133. The first-order valence-corrected chi connectivity index (χ1v) is 8.97. The summed E-state index contributed by atoms with van der Waals surface area (Å²) in [6, 6.07) is 11.7. The molecule has 0 unspecified atom stereocenters. The smallest absolute Gasteiger partial charge is 0.183 e. The quantitative estimate of drug-likeness (QED) is 0.880. The van der Waals surface area contributed by atoms with Gasteiger partial charge in [0, 0.05) is 17.5 Å². The van der Waals surface area contributed by atoms with Crippen molar-refractivity contribution in [3.63, 3.8) is 0 Å². The minimum absolute atomic E-state index is 0.00827. The van der Waals surface area contributed by atoms with Crippen molar-refractivity contribution in [1.82, 2.24) is 0 Å². The summed E-state index contributed by atoms with van der Waals surface area (Å²) in [6.07, 6.45) is 0. The molecule has 7 heteroatoms. The van der Waals surface area contributed by atoms with Crippen LogP contribution in [0.5, 0.6) is 0 Å². The molecule has 1 saturated carbocycles. The molecule has 2 aromatic rings. The molecule has 0 heterocycles. The summed E-state index contributed by atoms with van der Waals surface area (Å²) < 4.78 is 39.2. The van der Waals surface area contributed by atoms with Crippen LogP contribution in [0.3, 0.4) is 0 Å². The minimum Gasteiger partial charge on any atom is -0.329 e. The Bertz CT molecular complexity index is 841. The van der Waals surface area contributed by atoms with E-state index in [4.69, 9.17) is 23.1 Å². The van der Waals surface area contributed by atoms with E-state index >= 15 is 0 Å². The van der Waals surface area contributed by atoms with Crippen molar-refractivity contribution in [3.05, 3.63) is 64.9 Å². The van der Waals surface area contributed by atoms with Gasteiger partial charge in [0.05, 0.1) is 15.7 Å². The molecule has 122 valence electrons. The van der Waals surface area contributed by atoms with Gasteiger partial charge in [-0.1, -0.05) is 23.7 Å². The Labute approximate surface area is 139 Å². The van der Waals surface area contributed by atoms with Crippen LogP contribution in [0.15, 0.2) is 53.4 Å². The molecular formula is C16H16ClFN2O2S. The molecule has 4 N–H and O–H groups in total. The number of hydrogen-bond acceptors (Lipinski definition) is 4. The van der Waals surface area contributed by atoms with E-state index in [-0.39, 0.29) is 11.4 Å². The lowest BCUT2D eigenvalue weighted by Gasteiger charge is -2.09. The van der Waals surface area contributed by atoms with E-state index in [9.17, 15) is 12.8 Å². The maximum Gasteiger partial charge on any atom is 0.183 e. The molecule has 0 spiro atoms. The van der Waals surface area contributed by atoms with E-state index < -0.39 is 32.4 Å². The molecule has 0 aromatic heterocycles. The third kappa shape index (κ3) is 2.65. The average molecular weight is 355 g/mol. The van der Waals surface area contributed by atoms with Crippen molar-refractivity contribution in [1.29, 1.82) is 0 Å². The van der Waals surface area contributed by atoms with Crippen molar-refractivity contribution >= 4 is 21.4 Å². The predicted octanol–water partition coefficient (Wildman–Crippen LogP) is 2.07. The number of sulfone groups is 1. The van der Waals surface area contributed by atoms with Crippen molar-refractivity contribution in [2.45, 2.75) is 21.6 Å². The lowest BCUT2D eigenvalue weighted by Crippen LogP contribution is -2.39. The first-order chi connectivity index (χ1) is 10.8. The van der Waals surface area contributed by atoms with Crippen LogP contribution in [0, 0.1) is 5.82 Å². The summed E-state index contributed by atoms with van der Waals surface area (Å²) in [5, 5.41) is -0.442. The van der Waals surface area contributed by atoms with Crippen molar-refractivity contribution in [2.24, 2.45) is 11.5 Å². The van der Waals surface area contributed by atoms with Gasteiger partial charge in [-0.15, -0.1) is 0 Å². The van der Waals surface area contributed by atoms with Gasteiger partial charge in [-0.25, -0.2) is 12.8 Å². The molecule has 1 fully saturated rings. The van der Waals surface area contributed by atoms with Crippen LogP contribution >= 0.6 is 11.6 Å². The molecule has 1 aliphatic rings. The fourth-order valence-corrected chi connectivity index (χ4v) is 5.54. The zero-order valence-electron chi connectivity index (χ0n) is 12.1. The zero-order valence-corrected chi connectivity index (χ0v) is 13.7. The molecule has 0 amide bonds. The second kappa shape index (κ2) is 5.56. The lowest BCUT2D eigenvalue weighted by atomic mass is 10.1. The fourth-order valence-electron chi connectivity index (χ4n) is 3.09. The second-order valence-electron chi connectivity index (χ2n) is 5.77. The SMILES string of the molecule is NC[C@]1(N)[C@@H](c2cccc(F)c2)[C@@H]1S(=O)(=O)c1ccc(Cl)cc1. The van der Waals surface area contributed by atoms with E-state index in [0.29, 0.717) is 10.6 Å². The predicted molar refractivity (Wildman–Crippen MR) is 87.5 cm³/mol. The number of nitrogens with two attached hydrogens (primary N) is 2. The molecule has 0 bridgehead atoms. The molecule has 4 nitrogen and oxygen atoms in total. The maximum absolute atomic E-state index is 13.5. The lowest BCUT2D eigenvalue weighted by molar-refractivity contribution is 0.586. The highest BCUT2D eigenvalue weighted by atomic mass is 35.5. The van der Waals surface area contributed by atoms with Gasteiger partial charge in [0.1, 0.15) is 5.82 Å². The van der Waals surface area contributed by atoms with Gasteiger partial charge in [0.2, 0.25) is 0 Å². The van der Waals surface area contributed by atoms with Gasteiger partial charge in [-0.2, -0.15) is 0 Å². The normalized spacial score (nSPS) is 27.0. The van der Waals surface area contributed by atoms with Crippen LogP contribution in [-0.4, -0.2) is 25.8 Å². The summed E-state index contributed by atoms with van der Waals surface area (Å²) in [7, 11) is -3.70. The van der Waals surface area contributed by atoms with Gasteiger partial charge < -0.3 is 11.5 Å². The second-order valence-corrected chi connectivity index (χ2v) is 8.27. The first kappa shape index (κ1) is 16.4. The van der Waals surface area contributed by atoms with Gasteiger partial charge >= 0.3 is 0 Å². The molecule has 3 rings (SSSR count). The Kier molecular flexibility index (Phi) is 3.96. The molecule has 1 aliphatic carbocycles. The standard InChI is InChI=1S/C16H16ClFN2O2S/c17-11-4-6-13(7-5-11)23(21,22)15-14(16(15,20)9-19)10-2-1-3-12(18)8-10/h1-8,14-15H,9,19-20H2/t14-,15-,16-/m0/s1. The van der Waals surface area contributed by atoms with Crippen molar-refractivity contribution in [3.8, 4) is 0 Å². The summed E-state index contributed by atoms with van der Waals surface area (Å²) >= 11 is 5.80. The van der Waals surface area contributed by atoms with Crippen LogP contribution < -0.4 is 11.5 Å². The van der Waals surface area contributed by atoms with Crippen LogP contribution in [0.1, 0.15) is 11.5 Å². The van der Waals surface area contributed by atoms with Gasteiger partial charge in [-0.3, -0.25) is 0 Å². The molecular weight excluding hydrogens is 339 g/mol. The minimum atomic E-state index is -3.70. The summed E-state index contributed by atoms with van der Waals surface area (Å²) in [5.74, 6) is -0.972. The van der Waals surface area contributed by atoms with E-state index in [0.717, 1.165) is 0 Å². The highest BCUT2D eigenvalue weighted by molar-refractivity contribution is 7.92.